The van der Waals surface area contributed by atoms with Gasteiger partial charge in [-0.15, -0.1) is 0 Å². The van der Waals surface area contributed by atoms with Crippen LogP contribution in [0.15, 0.2) is 40.9 Å². The second kappa shape index (κ2) is 7.89. The van der Waals surface area contributed by atoms with E-state index in [1.807, 2.05) is 41.0 Å². The maximum atomic E-state index is 12.7. The topological polar surface area (TPSA) is 68.0 Å². The zero-order chi connectivity index (χ0) is 17.8. The Bertz CT molecular complexity index is 891. The molecule has 130 valence electrons. The molecule has 0 radical (unpaired) electrons. The number of halogens is 1. The van der Waals surface area contributed by atoms with Gasteiger partial charge in [0.1, 0.15) is 11.3 Å². The molecule has 2 heterocycles. The summed E-state index contributed by atoms with van der Waals surface area (Å²) >= 11 is 3.41. The number of benzene rings is 1. The number of hydrogen-bond acceptors (Lipinski definition) is 4. The minimum atomic E-state index is -0.168. The summed E-state index contributed by atoms with van der Waals surface area (Å²) < 4.78 is 2.61. The molecule has 0 fully saturated rings. The van der Waals surface area contributed by atoms with Crippen LogP contribution in [0.1, 0.15) is 41.6 Å². The van der Waals surface area contributed by atoms with Crippen LogP contribution in [0.4, 0.5) is 0 Å². The van der Waals surface area contributed by atoms with E-state index in [1.165, 1.54) is 0 Å². The molecule has 0 spiro atoms. The summed E-state index contributed by atoms with van der Waals surface area (Å²) in [7, 11) is 0. The van der Waals surface area contributed by atoms with Crippen LogP contribution in [0.25, 0.3) is 11.2 Å². The number of carbonyl (C=O) groups is 1. The largest absolute Gasteiger partial charge is 0.390 e. The molecule has 0 aliphatic rings. The van der Waals surface area contributed by atoms with Crippen LogP contribution in [-0.4, -0.2) is 25.4 Å². The summed E-state index contributed by atoms with van der Waals surface area (Å²) in [5.41, 5.74) is 2.59. The third-order valence-corrected chi connectivity index (χ3v) is 4.81. The van der Waals surface area contributed by atoms with Crippen molar-refractivity contribution in [1.29, 1.82) is 0 Å². The van der Waals surface area contributed by atoms with E-state index in [0.717, 1.165) is 35.1 Å². The van der Waals surface area contributed by atoms with Gasteiger partial charge in [0.05, 0.1) is 18.8 Å². The summed E-state index contributed by atoms with van der Waals surface area (Å²) in [6, 6.07) is 11.1. The van der Waals surface area contributed by atoms with Gasteiger partial charge in [0.2, 0.25) is 0 Å². The van der Waals surface area contributed by atoms with Crippen molar-refractivity contribution in [2.45, 2.75) is 39.3 Å². The molecule has 0 aliphatic heterocycles. The van der Waals surface area contributed by atoms with Crippen LogP contribution in [0.5, 0.6) is 0 Å². The van der Waals surface area contributed by atoms with Crippen molar-refractivity contribution in [3.63, 3.8) is 0 Å². The molecule has 0 bridgehead atoms. The molecule has 3 aromatic rings. The molecule has 1 N–H and O–H groups in total. The second-order valence-electron chi connectivity index (χ2n) is 5.92. The number of aliphatic hydroxyl groups is 1. The van der Waals surface area contributed by atoms with Crippen molar-refractivity contribution in [2.75, 3.05) is 0 Å². The second-order valence-corrected chi connectivity index (χ2v) is 6.78. The standard InChI is InChI=1S/C19H20BrN3O2/c1-2-3-9-18-21-15-10-14(20)16(12-24)22-19(15)23(18)11-17(25)13-7-5-4-6-8-13/h4-8,10,24H,2-3,9,11-12H2,1H3. The minimum absolute atomic E-state index is 0.0212. The lowest BCUT2D eigenvalue weighted by Crippen LogP contribution is -2.14. The van der Waals surface area contributed by atoms with E-state index >= 15 is 0 Å². The van der Waals surface area contributed by atoms with Gasteiger partial charge in [-0.3, -0.25) is 4.79 Å². The number of imidazole rings is 1. The van der Waals surface area contributed by atoms with Crippen molar-refractivity contribution in [1.82, 2.24) is 14.5 Å². The van der Waals surface area contributed by atoms with Crippen LogP contribution in [-0.2, 0) is 19.6 Å². The highest BCUT2D eigenvalue weighted by Gasteiger charge is 2.17. The molecule has 0 atom stereocenters. The number of unbranched alkanes of at least 4 members (excludes halogenated alkanes) is 1. The fraction of sp³-hybridized carbons (Fsp3) is 0.316. The lowest BCUT2D eigenvalue weighted by Gasteiger charge is -2.09. The Morgan fingerprint density at radius 2 is 2.00 bits per heavy atom. The van der Waals surface area contributed by atoms with Crippen LogP contribution in [0, 0.1) is 0 Å². The molecule has 0 amide bonds. The predicted molar refractivity (Wildman–Crippen MR) is 101 cm³/mol. The smallest absolute Gasteiger partial charge is 0.182 e. The van der Waals surface area contributed by atoms with Crippen molar-refractivity contribution < 1.29 is 9.90 Å². The summed E-state index contributed by atoms with van der Waals surface area (Å²) in [4.78, 5) is 21.9. The quantitative estimate of drug-likeness (QED) is 0.609. The first-order chi connectivity index (χ1) is 12.1. The molecule has 6 heteroatoms. The summed E-state index contributed by atoms with van der Waals surface area (Å²) in [5, 5.41) is 9.49. The number of aliphatic hydroxyl groups excluding tert-OH is 1. The van der Waals surface area contributed by atoms with E-state index < -0.39 is 0 Å². The molecule has 0 aliphatic carbocycles. The first kappa shape index (κ1) is 17.8. The molecule has 25 heavy (non-hydrogen) atoms. The third kappa shape index (κ3) is 3.80. The van der Waals surface area contributed by atoms with Gasteiger partial charge in [-0.25, -0.2) is 9.97 Å². The van der Waals surface area contributed by atoms with E-state index in [9.17, 15) is 9.90 Å². The summed E-state index contributed by atoms with van der Waals surface area (Å²) in [6.07, 6.45) is 2.84. The van der Waals surface area contributed by atoms with Gasteiger partial charge in [-0.05, 0) is 28.4 Å². The lowest BCUT2D eigenvalue weighted by atomic mass is 10.1. The van der Waals surface area contributed by atoms with Crippen molar-refractivity contribution >= 4 is 32.9 Å². The zero-order valence-corrected chi connectivity index (χ0v) is 15.7. The average molecular weight is 402 g/mol. The first-order valence-electron chi connectivity index (χ1n) is 8.37. The number of carbonyl (C=O) groups excluding carboxylic acids is 1. The van der Waals surface area contributed by atoms with Gasteiger partial charge in [-0.2, -0.15) is 0 Å². The number of ketones is 1. The van der Waals surface area contributed by atoms with Crippen molar-refractivity contribution in [2.24, 2.45) is 0 Å². The first-order valence-corrected chi connectivity index (χ1v) is 9.17. The Kier molecular flexibility index (Phi) is 5.60. The number of aromatic nitrogens is 3. The highest BCUT2D eigenvalue weighted by atomic mass is 79.9. The number of pyridine rings is 1. The maximum Gasteiger partial charge on any atom is 0.182 e. The summed E-state index contributed by atoms with van der Waals surface area (Å²) in [5.74, 6) is 0.878. The van der Waals surface area contributed by atoms with Crippen molar-refractivity contribution in [3.8, 4) is 0 Å². The number of Topliss-reactive ketones (excluding diaryl/α,β-unsaturated/α-hetero) is 1. The SMILES string of the molecule is CCCCc1nc2cc(Br)c(CO)nc2n1CC(=O)c1ccccc1. The van der Waals surface area contributed by atoms with Gasteiger partial charge in [0.25, 0.3) is 0 Å². The number of aryl methyl sites for hydroxylation is 1. The molecule has 5 nitrogen and oxygen atoms in total. The minimum Gasteiger partial charge on any atom is -0.390 e. The van der Waals surface area contributed by atoms with E-state index in [1.54, 1.807) is 0 Å². The molecule has 0 saturated carbocycles. The molecule has 3 rings (SSSR count). The zero-order valence-electron chi connectivity index (χ0n) is 14.1. The molecular weight excluding hydrogens is 382 g/mol. The average Bonchev–Trinajstić information content (AvgIpc) is 2.96. The Balaban J connectivity index is 2.04. The maximum absolute atomic E-state index is 12.7. The number of nitrogens with zero attached hydrogens (tertiary/aromatic N) is 3. The van der Waals surface area contributed by atoms with Crippen LogP contribution in [0.3, 0.4) is 0 Å². The van der Waals surface area contributed by atoms with Crippen molar-refractivity contribution in [3.05, 3.63) is 58.0 Å². The highest BCUT2D eigenvalue weighted by Crippen LogP contribution is 2.23. The number of rotatable bonds is 7. The molecule has 0 saturated heterocycles. The molecule has 1 aromatic carbocycles. The molecular formula is C19H20BrN3O2. The number of fused-ring (bicyclic) bond motifs is 1. The number of hydrogen-bond donors (Lipinski definition) is 1. The Morgan fingerprint density at radius 1 is 1.24 bits per heavy atom. The lowest BCUT2D eigenvalue weighted by molar-refractivity contribution is 0.0972. The fourth-order valence-corrected chi connectivity index (χ4v) is 3.20. The Labute approximate surface area is 154 Å². The van der Waals surface area contributed by atoms with Gasteiger partial charge in [-0.1, -0.05) is 43.7 Å². The summed E-state index contributed by atoms with van der Waals surface area (Å²) in [6.45, 7) is 2.15. The van der Waals surface area contributed by atoms with Gasteiger partial charge in [0.15, 0.2) is 11.4 Å². The van der Waals surface area contributed by atoms with Crippen LogP contribution >= 0.6 is 15.9 Å². The van der Waals surface area contributed by atoms with E-state index in [0.29, 0.717) is 16.9 Å². The van der Waals surface area contributed by atoms with Crippen LogP contribution in [0.2, 0.25) is 0 Å². The Hall–Kier alpha value is -2.05. The van der Waals surface area contributed by atoms with E-state index in [4.69, 9.17) is 0 Å². The molecule has 2 aromatic heterocycles. The van der Waals surface area contributed by atoms with Gasteiger partial charge >= 0.3 is 0 Å². The third-order valence-electron chi connectivity index (χ3n) is 4.13. The highest BCUT2D eigenvalue weighted by molar-refractivity contribution is 9.10. The Morgan fingerprint density at radius 3 is 2.68 bits per heavy atom. The monoisotopic (exact) mass is 401 g/mol. The van der Waals surface area contributed by atoms with Gasteiger partial charge < -0.3 is 9.67 Å². The van der Waals surface area contributed by atoms with Gasteiger partial charge in [0, 0.05) is 16.5 Å². The predicted octanol–water partition coefficient (Wildman–Crippen LogP) is 3.91. The molecule has 0 unspecified atom stereocenters. The normalized spacial score (nSPS) is 11.2. The fourth-order valence-electron chi connectivity index (χ4n) is 2.77. The van der Waals surface area contributed by atoms with E-state index in [-0.39, 0.29) is 18.9 Å². The van der Waals surface area contributed by atoms with Crippen LogP contribution < -0.4 is 0 Å². The van der Waals surface area contributed by atoms with E-state index in [2.05, 4.69) is 32.8 Å².